The van der Waals surface area contributed by atoms with E-state index < -0.39 is 0 Å². The fourth-order valence-corrected chi connectivity index (χ4v) is 2.35. The number of carbonyl (C=O) groups is 1. The van der Waals surface area contributed by atoms with Gasteiger partial charge in [0.25, 0.3) is 0 Å². The molecule has 0 saturated heterocycles. The van der Waals surface area contributed by atoms with Gasteiger partial charge in [-0.3, -0.25) is 4.79 Å². The third kappa shape index (κ3) is 2.21. The normalized spacial score (nSPS) is 10.0. The first-order valence-electron chi connectivity index (χ1n) is 4.01. The summed E-state index contributed by atoms with van der Waals surface area (Å²) in [6, 6.07) is 7.35. The minimum Gasteiger partial charge on any atom is -0.281 e. The van der Waals surface area contributed by atoms with E-state index in [1.165, 1.54) is 11.3 Å². The highest BCUT2D eigenvalue weighted by molar-refractivity contribution is 8.14. The summed E-state index contributed by atoms with van der Waals surface area (Å²) in [5, 5.41) is 4.53. The lowest BCUT2D eigenvalue weighted by Gasteiger charge is -1.96. The van der Waals surface area contributed by atoms with Crippen molar-refractivity contribution in [3.63, 3.8) is 0 Å². The van der Waals surface area contributed by atoms with E-state index in [2.05, 4.69) is 4.98 Å². The number of pyridine rings is 1. The molecule has 70 valence electrons. The van der Waals surface area contributed by atoms with Crippen molar-refractivity contribution >= 4 is 28.2 Å². The van der Waals surface area contributed by atoms with Gasteiger partial charge >= 0.3 is 0 Å². The summed E-state index contributed by atoms with van der Waals surface area (Å²) in [5.41, 5.74) is 0.741. The zero-order chi connectivity index (χ0) is 9.80. The first-order chi connectivity index (χ1) is 6.86. The largest absolute Gasteiger partial charge is 0.281 e. The summed E-state index contributed by atoms with van der Waals surface area (Å²) in [7, 11) is 0. The number of rotatable bonds is 2. The van der Waals surface area contributed by atoms with E-state index in [1.807, 2.05) is 35.0 Å². The van der Waals surface area contributed by atoms with Crippen LogP contribution in [0.3, 0.4) is 0 Å². The molecule has 0 fully saturated rings. The maximum absolute atomic E-state index is 11.6. The Balaban J connectivity index is 2.10. The highest BCUT2D eigenvalue weighted by Gasteiger charge is 2.08. The van der Waals surface area contributed by atoms with Crippen LogP contribution < -0.4 is 0 Å². The Morgan fingerprint density at radius 2 is 2.29 bits per heavy atom. The van der Waals surface area contributed by atoms with Crippen LogP contribution in [0.1, 0.15) is 10.4 Å². The molecule has 0 saturated carbocycles. The minimum absolute atomic E-state index is 0.0463. The van der Waals surface area contributed by atoms with Crippen molar-refractivity contribution in [3.8, 4) is 0 Å². The number of carbonyl (C=O) groups excluding carboxylic acids is 1. The van der Waals surface area contributed by atoms with Gasteiger partial charge in [-0.2, -0.15) is 11.3 Å². The van der Waals surface area contributed by atoms with E-state index >= 15 is 0 Å². The van der Waals surface area contributed by atoms with Gasteiger partial charge in [0.15, 0.2) is 0 Å². The average Bonchev–Trinajstić information content (AvgIpc) is 2.72. The van der Waals surface area contributed by atoms with Crippen LogP contribution in [0, 0.1) is 0 Å². The molecule has 0 bridgehead atoms. The predicted octanol–water partition coefficient (Wildman–Crippen LogP) is 3.08. The SMILES string of the molecule is O=C(Sc1ccccn1)c1ccsc1. The summed E-state index contributed by atoms with van der Waals surface area (Å²) in [6.07, 6.45) is 1.68. The number of hydrogen-bond donors (Lipinski definition) is 0. The van der Waals surface area contributed by atoms with Crippen LogP contribution >= 0.6 is 23.1 Å². The standard InChI is InChI=1S/C10H7NOS2/c12-10(8-4-6-13-7-8)14-9-3-1-2-5-11-9/h1-7H. The molecule has 2 rings (SSSR count). The molecular weight excluding hydrogens is 214 g/mol. The summed E-state index contributed by atoms with van der Waals surface area (Å²) < 4.78 is 0. The third-order valence-electron chi connectivity index (χ3n) is 1.59. The number of nitrogens with zero attached hydrogens (tertiary/aromatic N) is 1. The van der Waals surface area contributed by atoms with E-state index in [4.69, 9.17) is 0 Å². The molecule has 14 heavy (non-hydrogen) atoms. The van der Waals surface area contributed by atoms with Crippen LogP contribution in [0.25, 0.3) is 0 Å². The lowest BCUT2D eigenvalue weighted by molar-refractivity contribution is 0.108. The van der Waals surface area contributed by atoms with Crippen molar-refractivity contribution in [2.45, 2.75) is 5.03 Å². The maximum Gasteiger partial charge on any atom is 0.226 e. The molecule has 2 heterocycles. The van der Waals surface area contributed by atoms with Gasteiger partial charge in [-0.05, 0) is 35.3 Å². The van der Waals surface area contributed by atoms with Crippen LogP contribution in [0.15, 0.2) is 46.2 Å². The highest BCUT2D eigenvalue weighted by Crippen LogP contribution is 2.21. The second-order valence-corrected chi connectivity index (χ2v) is 4.34. The number of thiophene rings is 1. The fourth-order valence-electron chi connectivity index (χ4n) is 0.942. The van der Waals surface area contributed by atoms with Crippen molar-refractivity contribution < 1.29 is 4.79 Å². The van der Waals surface area contributed by atoms with Gasteiger partial charge in [0, 0.05) is 17.1 Å². The van der Waals surface area contributed by atoms with E-state index in [1.54, 1.807) is 6.20 Å². The fraction of sp³-hybridized carbons (Fsp3) is 0. The second kappa shape index (κ2) is 4.39. The Labute approximate surface area is 90.0 Å². The van der Waals surface area contributed by atoms with Crippen LogP contribution in [0.2, 0.25) is 0 Å². The van der Waals surface area contributed by atoms with Gasteiger partial charge in [0.05, 0.1) is 0 Å². The Bertz CT molecular complexity index is 411. The monoisotopic (exact) mass is 221 g/mol. The molecule has 0 atom stereocenters. The molecule has 2 nitrogen and oxygen atoms in total. The third-order valence-corrected chi connectivity index (χ3v) is 3.15. The summed E-state index contributed by atoms with van der Waals surface area (Å²) >= 11 is 2.68. The van der Waals surface area contributed by atoms with E-state index in [-0.39, 0.29) is 5.12 Å². The lowest BCUT2D eigenvalue weighted by atomic mass is 10.4. The van der Waals surface area contributed by atoms with Gasteiger partial charge in [-0.15, -0.1) is 0 Å². The molecule has 0 aliphatic carbocycles. The second-order valence-electron chi connectivity index (χ2n) is 2.57. The first kappa shape index (κ1) is 9.43. The maximum atomic E-state index is 11.6. The molecule has 0 aliphatic heterocycles. The van der Waals surface area contributed by atoms with Crippen LogP contribution in [0.5, 0.6) is 0 Å². The van der Waals surface area contributed by atoms with Crippen molar-refractivity contribution in [2.24, 2.45) is 0 Å². The predicted molar refractivity (Wildman–Crippen MR) is 58.7 cm³/mol. The summed E-state index contributed by atoms with van der Waals surface area (Å²) in [4.78, 5) is 15.7. The molecule has 0 amide bonds. The van der Waals surface area contributed by atoms with Crippen LogP contribution in [-0.2, 0) is 0 Å². The average molecular weight is 221 g/mol. The Kier molecular flexibility index (Phi) is 2.96. The molecule has 0 unspecified atom stereocenters. The van der Waals surface area contributed by atoms with Crippen LogP contribution in [0.4, 0.5) is 0 Å². The van der Waals surface area contributed by atoms with Gasteiger partial charge in [0.2, 0.25) is 5.12 Å². The zero-order valence-corrected chi connectivity index (χ0v) is 8.85. The highest BCUT2D eigenvalue weighted by atomic mass is 32.2. The summed E-state index contributed by atoms with van der Waals surface area (Å²) in [6.45, 7) is 0. The Morgan fingerprint density at radius 1 is 1.36 bits per heavy atom. The molecule has 0 radical (unpaired) electrons. The van der Waals surface area contributed by atoms with Gasteiger partial charge in [-0.25, -0.2) is 4.98 Å². The van der Waals surface area contributed by atoms with E-state index in [9.17, 15) is 4.79 Å². The topological polar surface area (TPSA) is 30.0 Å². The van der Waals surface area contributed by atoms with E-state index in [0.29, 0.717) is 0 Å². The number of hydrogen-bond acceptors (Lipinski definition) is 4. The molecule has 2 aromatic heterocycles. The first-order valence-corrected chi connectivity index (χ1v) is 5.77. The zero-order valence-electron chi connectivity index (χ0n) is 7.21. The molecule has 0 aliphatic rings. The molecule has 0 aromatic carbocycles. The number of thioether (sulfide) groups is 1. The van der Waals surface area contributed by atoms with Crippen LogP contribution in [-0.4, -0.2) is 10.1 Å². The Morgan fingerprint density at radius 3 is 2.93 bits per heavy atom. The van der Waals surface area contributed by atoms with Crippen molar-refractivity contribution in [2.75, 3.05) is 0 Å². The molecule has 2 aromatic rings. The van der Waals surface area contributed by atoms with Crippen molar-refractivity contribution in [1.82, 2.24) is 4.98 Å². The smallest absolute Gasteiger partial charge is 0.226 e. The molecular formula is C10H7NOS2. The van der Waals surface area contributed by atoms with Gasteiger partial charge < -0.3 is 0 Å². The Hall–Kier alpha value is -1.13. The lowest BCUT2D eigenvalue weighted by Crippen LogP contribution is -1.90. The van der Waals surface area contributed by atoms with Gasteiger partial charge in [-0.1, -0.05) is 6.07 Å². The van der Waals surface area contributed by atoms with Crippen molar-refractivity contribution in [1.29, 1.82) is 0 Å². The molecule has 0 spiro atoms. The minimum atomic E-state index is 0.0463. The number of aromatic nitrogens is 1. The quantitative estimate of drug-likeness (QED) is 0.730. The summed E-state index contributed by atoms with van der Waals surface area (Å²) in [5.74, 6) is 0. The van der Waals surface area contributed by atoms with E-state index in [0.717, 1.165) is 22.4 Å². The molecule has 4 heteroatoms. The van der Waals surface area contributed by atoms with Gasteiger partial charge in [0.1, 0.15) is 5.03 Å². The molecule has 0 N–H and O–H groups in total. The van der Waals surface area contributed by atoms with Crippen molar-refractivity contribution in [3.05, 3.63) is 46.8 Å².